The van der Waals surface area contributed by atoms with Crippen LogP contribution in [0.2, 0.25) is 0 Å². The highest BCUT2D eigenvalue weighted by Gasteiger charge is 2.21. The van der Waals surface area contributed by atoms with Gasteiger partial charge in [0.25, 0.3) is 0 Å². The standard InChI is InChI=1S/C18H20/c1-3-4-7-15-12-13(2)16-11-10-14-8-5-6-9-17(14)18(15)16/h5-6,8-13H,3-4,7H2,1-2H3. The summed E-state index contributed by atoms with van der Waals surface area (Å²) in [6.07, 6.45) is 6.25. The maximum absolute atomic E-state index is 2.47. The largest absolute Gasteiger partial charge is 0.0734 e. The van der Waals surface area contributed by atoms with Crippen LogP contribution in [0.4, 0.5) is 0 Å². The van der Waals surface area contributed by atoms with E-state index in [2.05, 4.69) is 56.3 Å². The van der Waals surface area contributed by atoms with Crippen molar-refractivity contribution in [1.82, 2.24) is 0 Å². The predicted molar refractivity (Wildman–Crippen MR) is 79.9 cm³/mol. The van der Waals surface area contributed by atoms with E-state index in [4.69, 9.17) is 0 Å². The third-order valence-electron chi connectivity index (χ3n) is 4.02. The molecule has 0 bridgehead atoms. The van der Waals surface area contributed by atoms with Crippen molar-refractivity contribution in [2.45, 2.75) is 39.0 Å². The van der Waals surface area contributed by atoms with Gasteiger partial charge in [-0.15, -0.1) is 0 Å². The topological polar surface area (TPSA) is 0 Å². The van der Waals surface area contributed by atoms with Crippen molar-refractivity contribution in [3.05, 3.63) is 53.6 Å². The summed E-state index contributed by atoms with van der Waals surface area (Å²) >= 11 is 0. The van der Waals surface area contributed by atoms with Crippen LogP contribution in [0, 0.1) is 0 Å². The summed E-state index contributed by atoms with van der Waals surface area (Å²) in [4.78, 5) is 0. The zero-order chi connectivity index (χ0) is 12.5. The van der Waals surface area contributed by atoms with Crippen molar-refractivity contribution in [2.24, 2.45) is 0 Å². The summed E-state index contributed by atoms with van der Waals surface area (Å²) < 4.78 is 0. The number of rotatable bonds is 3. The zero-order valence-electron chi connectivity index (χ0n) is 11.2. The molecule has 0 radical (unpaired) electrons. The molecule has 2 aromatic rings. The summed E-state index contributed by atoms with van der Waals surface area (Å²) in [6, 6.07) is 13.4. The van der Waals surface area contributed by atoms with Crippen LogP contribution in [0.25, 0.3) is 16.3 Å². The van der Waals surface area contributed by atoms with E-state index >= 15 is 0 Å². The highest BCUT2D eigenvalue weighted by atomic mass is 14.3. The molecule has 3 rings (SSSR count). The van der Waals surface area contributed by atoms with Crippen molar-refractivity contribution < 1.29 is 0 Å². The molecule has 0 heteroatoms. The smallest absolute Gasteiger partial charge is 0.000186 e. The summed E-state index contributed by atoms with van der Waals surface area (Å²) in [5, 5.41) is 2.80. The average molecular weight is 236 g/mol. The monoisotopic (exact) mass is 236 g/mol. The molecule has 0 aromatic heterocycles. The first kappa shape index (κ1) is 11.5. The summed E-state index contributed by atoms with van der Waals surface area (Å²) in [6.45, 7) is 4.58. The van der Waals surface area contributed by atoms with Crippen LogP contribution in [0.3, 0.4) is 0 Å². The van der Waals surface area contributed by atoms with Gasteiger partial charge in [0, 0.05) is 5.92 Å². The van der Waals surface area contributed by atoms with E-state index in [0.717, 1.165) is 0 Å². The van der Waals surface area contributed by atoms with Crippen molar-refractivity contribution in [1.29, 1.82) is 0 Å². The van der Waals surface area contributed by atoms with Gasteiger partial charge in [-0.2, -0.15) is 0 Å². The van der Waals surface area contributed by atoms with Crippen LogP contribution in [0.5, 0.6) is 0 Å². The Hall–Kier alpha value is -1.56. The fraction of sp³-hybridized carbons (Fsp3) is 0.333. The van der Waals surface area contributed by atoms with Gasteiger partial charge < -0.3 is 0 Å². The Kier molecular flexibility index (Phi) is 2.95. The Bertz CT molecular complexity index is 604. The SMILES string of the molecule is CCCCC1=CC(C)c2ccc3ccccc3c21. The fourth-order valence-corrected chi connectivity index (χ4v) is 3.08. The molecule has 0 aliphatic heterocycles. The lowest BCUT2D eigenvalue weighted by atomic mass is 9.93. The quantitative estimate of drug-likeness (QED) is 0.657. The summed E-state index contributed by atoms with van der Waals surface area (Å²) in [7, 11) is 0. The van der Waals surface area contributed by atoms with Crippen molar-refractivity contribution >= 4 is 16.3 Å². The zero-order valence-corrected chi connectivity index (χ0v) is 11.2. The van der Waals surface area contributed by atoms with Gasteiger partial charge in [0.2, 0.25) is 0 Å². The molecule has 1 aliphatic rings. The van der Waals surface area contributed by atoms with E-state index in [9.17, 15) is 0 Å². The highest BCUT2D eigenvalue weighted by molar-refractivity contribution is 5.97. The lowest BCUT2D eigenvalue weighted by molar-refractivity contribution is 0.825. The van der Waals surface area contributed by atoms with E-state index in [-0.39, 0.29) is 0 Å². The maximum Gasteiger partial charge on any atom is 0.000186 e. The Morgan fingerprint density at radius 2 is 1.89 bits per heavy atom. The normalized spacial score (nSPS) is 17.9. The van der Waals surface area contributed by atoms with Crippen LogP contribution in [-0.4, -0.2) is 0 Å². The second kappa shape index (κ2) is 4.61. The Morgan fingerprint density at radius 1 is 1.06 bits per heavy atom. The molecule has 1 aliphatic carbocycles. The predicted octanol–water partition coefficient (Wildman–Crippen LogP) is 5.53. The summed E-state index contributed by atoms with van der Waals surface area (Å²) in [5.74, 6) is 0.580. The first-order valence-electron chi connectivity index (χ1n) is 7.04. The van der Waals surface area contributed by atoms with Gasteiger partial charge >= 0.3 is 0 Å². The van der Waals surface area contributed by atoms with E-state index in [1.807, 2.05) is 0 Å². The van der Waals surface area contributed by atoms with E-state index in [1.165, 1.54) is 41.2 Å². The van der Waals surface area contributed by atoms with Crippen molar-refractivity contribution in [2.75, 3.05) is 0 Å². The number of hydrogen-bond donors (Lipinski definition) is 0. The first-order valence-corrected chi connectivity index (χ1v) is 7.04. The van der Waals surface area contributed by atoms with E-state index in [1.54, 1.807) is 5.57 Å². The van der Waals surface area contributed by atoms with Gasteiger partial charge in [-0.25, -0.2) is 0 Å². The van der Waals surface area contributed by atoms with Gasteiger partial charge in [-0.1, -0.05) is 62.7 Å². The average Bonchev–Trinajstić information content (AvgIpc) is 2.73. The van der Waals surface area contributed by atoms with Gasteiger partial charge in [0.1, 0.15) is 0 Å². The lowest BCUT2D eigenvalue weighted by Crippen LogP contribution is -1.90. The molecular formula is C18H20. The summed E-state index contributed by atoms with van der Waals surface area (Å²) in [5.41, 5.74) is 4.60. The molecule has 0 heterocycles. The second-order valence-corrected chi connectivity index (χ2v) is 5.34. The van der Waals surface area contributed by atoms with Crippen molar-refractivity contribution in [3.63, 3.8) is 0 Å². The molecule has 0 saturated heterocycles. The minimum atomic E-state index is 0.580. The minimum absolute atomic E-state index is 0.580. The number of allylic oxidation sites excluding steroid dienone is 2. The Balaban J connectivity index is 2.16. The molecule has 0 saturated carbocycles. The lowest BCUT2D eigenvalue weighted by Gasteiger charge is -2.11. The number of unbranched alkanes of at least 4 members (excludes halogenated alkanes) is 1. The van der Waals surface area contributed by atoms with Crippen LogP contribution in [0.1, 0.15) is 50.2 Å². The van der Waals surface area contributed by atoms with Gasteiger partial charge in [0.15, 0.2) is 0 Å². The molecule has 92 valence electrons. The Morgan fingerprint density at radius 3 is 2.72 bits per heavy atom. The van der Waals surface area contributed by atoms with Crippen LogP contribution in [0.15, 0.2) is 42.5 Å². The Labute approximate surface area is 109 Å². The van der Waals surface area contributed by atoms with Gasteiger partial charge in [0.05, 0.1) is 0 Å². The van der Waals surface area contributed by atoms with Crippen LogP contribution >= 0.6 is 0 Å². The molecule has 0 fully saturated rings. The van der Waals surface area contributed by atoms with Crippen LogP contribution < -0.4 is 0 Å². The fourth-order valence-electron chi connectivity index (χ4n) is 3.08. The highest BCUT2D eigenvalue weighted by Crippen LogP contribution is 2.41. The van der Waals surface area contributed by atoms with Crippen LogP contribution in [-0.2, 0) is 0 Å². The maximum atomic E-state index is 2.47. The number of fused-ring (bicyclic) bond motifs is 3. The van der Waals surface area contributed by atoms with E-state index in [0.29, 0.717) is 5.92 Å². The van der Waals surface area contributed by atoms with Gasteiger partial charge in [-0.05, 0) is 40.3 Å². The molecule has 0 spiro atoms. The number of hydrogen-bond acceptors (Lipinski definition) is 0. The minimum Gasteiger partial charge on any atom is -0.0734 e. The number of benzene rings is 2. The van der Waals surface area contributed by atoms with E-state index < -0.39 is 0 Å². The second-order valence-electron chi connectivity index (χ2n) is 5.34. The van der Waals surface area contributed by atoms with Gasteiger partial charge in [-0.3, -0.25) is 0 Å². The molecule has 1 unspecified atom stereocenters. The third kappa shape index (κ3) is 1.77. The third-order valence-corrected chi connectivity index (χ3v) is 4.02. The molecule has 2 aromatic carbocycles. The molecular weight excluding hydrogens is 216 g/mol. The molecule has 0 nitrogen and oxygen atoms in total. The first-order chi connectivity index (χ1) is 8.81. The molecule has 1 atom stereocenters. The van der Waals surface area contributed by atoms with Crippen molar-refractivity contribution in [3.8, 4) is 0 Å². The molecule has 18 heavy (non-hydrogen) atoms. The molecule has 0 N–H and O–H groups in total. The molecule has 0 amide bonds.